The fourth-order valence-corrected chi connectivity index (χ4v) is 7.79. The Morgan fingerprint density at radius 3 is 1.48 bits per heavy atom. The molecule has 0 saturated heterocycles. The third-order valence-corrected chi connectivity index (χ3v) is 10.4. The van der Waals surface area contributed by atoms with Gasteiger partial charge in [0.05, 0.1) is 33.5 Å². The van der Waals surface area contributed by atoms with E-state index in [4.69, 9.17) is 0 Å². The molecule has 6 nitrogen and oxygen atoms in total. The Labute approximate surface area is 311 Å². The van der Waals surface area contributed by atoms with Crippen molar-refractivity contribution < 1.29 is 9.59 Å². The summed E-state index contributed by atoms with van der Waals surface area (Å²) in [7, 11) is 0. The second kappa shape index (κ2) is 12.7. The Hall–Kier alpha value is -7.44. The molecule has 0 fully saturated rings. The highest BCUT2D eigenvalue weighted by molar-refractivity contribution is 6.36. The van der Waals surface area contributed by atoms with E-state index in [9.17, 15) is 9.59 Å². The van der Waals surface area contributed by atoms with E-state index in [1.165, 1.54) is 4.90 Å². The number of hydrogen-bond acceptors (Lipinski definition) is 4. The van der Waals surface area contributed by atoms with Crippen molar-refractivity contribution in [2.24, 2.45) is 0 Å². The van der Waals surface area contributed by atoms with E-state index in [2.05, 4.69) is 50.9 Å². The van der Waals surface area contributed by atoms with Crippen LogP contribution in [0.1, 0.15) is 20.7 Å². The van der Waals surface area contributed by atoms with Crippen molar-refractivity contribution in [2.45, 2.75) is 0 Å². The van der Waals surface area contributed by atoms with Gasteiger partial charge in [-0.25, -0.2) is 4.90 Å². The number of pyridine rings is 2. The molecular formula is C48H30N4O2. The van der Waals surface area contributed by atoms with Gasteiger partial charge in [0.2, 0.25) is 0 Å². The number of amides is 2. The van der Waals surface area contributed by atoms with Gasteiger partial charge in [-0.3, -0.25) is 19.6 Å². The normalized spacial score (nSPS) is 12.5. The molecule has 0 aliphatic carbocycles. The molecule has 3 aromatic heterocycles. The maximum Gasteiger partial charge on any atom is 0.268 e. The number of anilines is 1. The number of imide groups is 1. The molecule has 0 spiro atoms. The standard InChI is InChI=1S/C48H30N4O2/c53-47-39-12-7-13-44(46(39)48(54)52(47)45-30-37(31-8-3-1-4-9-31)14-17-38(45)34-10-5-2-6-11-34)51-42-18-15-35(32-20-24-49-25-21-32)28-40(42)41-29-36(16-19-43(41)51)33-22-26-50-27-23-33/h1-30H. The first-order valence-electron chi connectivity index (χ1n) is 17.8. The lowest BCUT2D eigenvalue weighted by Crippen LogP contribution is -2.30. The lowest BCUT2D eigenvalue weighted by Gasteiger charge is -2.20. The lowest BCUT2D eigenvalue weighted by atomic mass is 9.97. The maximum absolute atomic E-state index is 15.0. The van der Waals surface area contributed by atoms with E-state index in [0.29, 0.717) is 22.5 Å². The van der Waals surface area contributed by atoms with Crippen LogP contribution in [-0.4, -0.2) is 26.3 Å². The summed E-state index contributed by atoms with van der Waals surface area (Å²) in [5.74, 6) is -0.704. The summed E-state index contributed by atoms with van der Waals surface area (Å²) in [5, 5.41) is 2.06. The second-order valence-electron chi connectivity index (χ2n) is 13.4. The van der Waals surface area contributed by atoms with Gasteiger partial charge < -0.3 is 4.57 Å². The van der Waals surface area contributed by atoms with Gasteiger partial charge in [-0.1, -0.05) is 91.0 Å². The monoisotopic (exact) mass is 694 g/mol. The van der Waals surface area contributed by atoms with Crippen LogP contribution in [0.15, 0.2) is 183 Å². The molecule has 0 N–H and O–H groups in total. The number of hydrogen-bond donors (Lipinski definition) is 0. The first-order chi connectivity index (χ1) is 26.6. The molecular weight excluding hydrogens is 665 g/mol. The van der Waals surface area contributed by atoms with Crippen LogP contribution in [0.25, 0.3) is 72.0 Å². The van der Waals surface area contributed by atoms with Gasteiger partial charge >= 0.3 is 0 Å². The van der Waals surface area contributed by atoms with E-state index in [-0.39, 0.29) is 11.8 Å². The minimum Gasteiger partial charge on any atom is -0.308 e. The van der Waals surface area contributed by atoms with Crippen molar-refractivity contribution in [3.05, 3.63) is 194 Å². The topological polar surface area (TPSA) is 68.1 Å². The van der Waals surface area contributed by atoms with Crippen LogP contribution in [0.5, 0.6) is 0 Å². The van der Waals surface area contributed by atoms with Crippen molar-refractivity contribution in [3.8, 4) is 50.2 Å². The van der Waals surface area contributed by atoms with Gasteiger partial charge in [-0.15, -0.1) is 0 Å². The van der Waals surface area contributed by atoms with Crippen LogP contribution in [0.4, 0.5) is 5.69 Å². The van der Waals surface area contributed by atoms with Crippen molar-refractivity contribution in [2.75, 3.05) is 4.90 Å². The number of rotatable bonds is 6. The SMILES string of the molecule is O=C1c2cccc(-n3c4ccc(-c5ccncc5)cc4c4cc(-c5ccncc5)ccc43)c2C(=O)N1c1cc(-c2ccccc2)ccc1-c1ccccc1. The van der Waals surface area contributed by atoms with Crippen molar-refractivity contribution in [3.63, 3.8) is 0 Å². The van der Waals surface area contributed by atoms with E-state index < -0.39 is 0 Å². The smallest absolute Gasteiger partial charge is 0.268 e. The number of benzene rings is 6. The minimum absolute atomic E-state index is 0.347. The van der Waals surface area contributed by atoms with Crippen molar-refractivity contribution >= 4 is 39.3 Å². The summed E-state index contributed by atoms with van der Waals surface area (Å²) in [5.41, 5.74) is 11.7. The van der Waals surface area contributed by atoms with Crippen LogP contribution in [0.2, 0.25) is 0 Å². The summed E-state index contributed by atoms with van der Waals surface area (Å²) in [6.45, 7) is 0. The summed E-state index contributed by atoms with van der Waals surface area (Å²) in [6, 6.07) is 52.3. The summed E-state index contributed by atoms with van der Waals surface area (Å²) in [4.78, 5) is 39.4. The molecule has 2 amide bonds. The Kier molecular flexibility index (Phi) is 7.34. The predicted octanol–water partition coefficient (Wildman–Crippen LogP) is 11.0. The van der Waals surface area contributed by atoms with Crippen LogP contribution in [0, 0.1) is 0 Å². The van der Waals surface area contributed by atoms with Crippen LogP contribution in [-0.2, 0) is 0 Å². The Morgan fingerprint density at radius 2 is 0.889 bits per heavy atom. The van der Waals surface area contributed by atoms with Crippen molar-refractivity contribution in [1.82, 2.24) is 14.5 Å². The number of carbonyl (C=O) groups excluding carboxylic acids is 2. The predicted molar refractivity (Wildman–Crippen MR) is 216 cm³/mol. The number of fused-ring (bicyclic) bond motifs is 4. The highest BCUT2D eigenvalue weighted by Gasteiger charge is 2.40. The molecule has 0 atom stereocenters. The first kappa shape index (κ1) is 31.3. The first-order valence-corrected chi connectivity index (χ1v) is 17.8. The Bertz CT molecular complexity index is 2810. The average molecular weight is 695 g/mol. The zero-order valence-electron chi connectivity index (χ0n) is 28.9. The number of nitrogens with zero attached hydrogens (tertiary/aromatic N) is 4. The number of aromatic nitrogens is 3. The molecule has 6 aromatic carbocycles. The van der Waals surface area contributed by atoms with E-state index in [1.54, 1.807) is 30.9 Å². The van der Waals surface area contributed by atoms with Gasteiger partial charge in [0.15, 0.2) is 0 Å². The summed E-state index contributed by atoms with van der Waals surface area (Å²) >= 11 is 0. The fraction of sp³-hybridized carbons (Fsp3) is 0. The zero-order chi connectivity index (χ0) is 36.2. The van der Waals surface area contributed by atoms with Gasteiger partial charge in [0.25, 0.3) is 11.8 Å². The van der Waals surface area contributed by atoms with Gasteiger partial charge in [0, 0.05) is 41.1 Å². The molecule has 54 heavy (non-hydrogen) atoms. The molecule has 0 saturated carbocycles. The highest BCUT2D eigenvalue weighted by atomic mass is 16.2. The van der Waals surface area contributed by atoms with Crippen LogP contribution >= 0.6 is 0 Å². The molecule has 0 radical (unpaired) electrons. The van der Waals surface area contributed by atoms with Crippen LogP contribution < -0.4 is 4.90 Å². The number of carbonyl (C=O) groups is 2. The molecule has 10 rings (SSSR count). The highest BCUT2D eigenvalue weighted by Crippen LogP contribution is 2.43. The van der Waals surface area contributed by atoms with Gasteiger partial charge in [-0.05, 0) is 106 Å². The summed E-state index contributed by atoms with van der Waals surface area (Å²) in [6.07, 6.45) is 7.19. The minimum atomic E-state index is -0.357. The van der Waals surface area contributed by atoms with Gasteiger partial charge in [0.1, 0.15) is 0 Å². The zero-order valence-corrected chi connectivity index (χ0v) is 28.9. The molecule has 9 aromatic rings. The third kappa shape index (κ3) is 5.04. The molecule has 0 unspecified atom stereocenters. The van der Waals surface area contributed by atoms with Crippen LogP contribution in [0.3, 0.4) is 0 Å². The average Bonchev–Trinajstić information content (AvgIpc) is 3.71. The van der Waals surface area contributed by atoms with E-state index >= 15 is 0 Å². The van der Waals surface area contributed by atoms with E-state index in [1.807, 2.05) is 115 Å². The molecule has 0 bridgehead atoms. The summed E-state index contributed by atoms with van der Waals surface area (Å²) < 4.78 is 2.13. The fourth-order valence-electron chi connectivity index (χ4n) is 7.79. The molecule has 1 aliphatic rings. The molecule has 254 valence electrons. The maximum atomic E-state index is 15.0. The van der Waals surface area contributed by atoms with Gasteiger partial charge in [-0.2, -0.15) is 0 Å². The second-order valence-corrected chi connectivity index (χ2v) is 13.4. The largest absolute Gasteiger partial charge is 0.308 e. The van der Waals surface area contributed by atoms with E-state index in [0.717, 1.165) is 66.3 Å². The quantitative estimate of drug-likeness (QED) is 0.163. The Balaban J connectivity index is 1.18. The van der Waals surface area contributed by atoms with Crippen molar-refractivity contribution in [1.29, 1.82) is 0 Å². The molecule has 6 heteroatoms. The lowest BCUT2D eigenvalue weighted by molar-refractivity contribution is 0.0926. The molecule has 4 heterocycles. The third-order valence-electron chi connectivity index (χ3n) is 10.4. The molecule has 1 aliphatic heterocycles. The Morgan fingerprint density at radius 1 is 0.370 bits per heavy atom.